The fourth-order valence-corrected chi connectivity index (χ4v) is 5.57. The van der Waals surface area contributed by atoms with Crippen LogP contribution in [0.3, 0.4) is 0 Å². The standard InChI is InChI=1S/C20H16Cl2O.C11H11N/c21-20(22)19(23)14-7-8-16-13(11-14)6-10-17-15-4-2-1-3-12(15)5-9-18(16)17;1-8-3-4-10-5-6-12-9(2)11(10)7-8/h1-6,9-10,14,20H,7-8,11H2;3-7H,1-2H3. The van der Waals surface area contributed by atoms with Crippen LogP contribution >= 0.6 is 23.2 Å². The zero-order valence-electron chi connectivity index (χ0n) is 19.9. The molecule has 0 saturated carbocycles. The molecule has 0 N–H and O–H groups in total. The van der Waals surface area contributed by atoms with Crippen molar-refractivity contribution in [3.05, 3.63) is 101 Å². The Labute approximate surface area is 215 Å². The highest BCUT2D eigenvalue weighted by atomic mass is 35.5. The summed E-state index contributed by atoms with van der Waals surface area (Å²) in [7, 11) is 0. The maximum atomic E-state index is 12.1. The molecule has 1 unspecified atom stereocenters. The van der Waals surface area contributed by atoms with Crippen LogP contribution in [0.1, 0.15) is 28.8 Å². The summed E-state index contributed by atoms with van der Waals surface area (Å²) < 4.78 is 0. The molecule has 0 radical (unpaired) electrons. The summed E-state index contributed by atoms with van der Waals surface area (Å²) in [6, 6.07) is 25.7. The zero-order chi connectivity index (χ0) is 24.5. The summed E-state index contributed by atoms with van der Waals surface area (Å²) in [5, 5.41) is 7.67. The van der Waals surface area contributed by atoms with Crippen molar-refractivity contribution < 1.29 is 4.79 Å². The fraction of sp³-hybridized carbons (Fsp3) is 0.226. The van der Waals surface area contributed by atoms with Gasteiger partial charge in [-0.1, -0.05) is 89.4 Å². The SMILES string of the molecule is Cc1ccc2ccnc(C)c2c1.O=C(C(Cl)Cl)C1CCc2c(ccc3c2ccc2ccccc23)C1. The summed E-state index contributed by atoms with van der Waals surface area (Å²) in [4.78, 5) is 15.4. The summed E-state index contributed by atoms with van der Waals surface area (Å²) >= 11 is 11.5. The third-order valence-corrected chi connectivity index (χ3v) is 7.51. The fourth-order valence-electron chi connectivity index (χ4n) is 5.22. The molecule has 0 fully saturated rings. The monoisotopic (exact) mass is 499 g/mol. The minimum atomic E-state index is -0.911. The van der Waals surface area contributed by atoms with Crippen LogP contribution in [0, 0.1) is 19.8 Å². The van der Waals surface area contributed by atoms with Crippen LogP contribution in [0.25, 0.3) is 32.3 Å². The number of ketones is 1. The minimum Gasteiger partial charge on any atom is -0.296 e. The van der Waals surface area contributed by atoms with E-state index in [1.165, 1.54) is 49.0 Å². The second-order valence-corrected chi connectivity index (χ2v) is 10.4. The van der Waals surface area contributed by atoms with Gasteiger partial charge in [-0.2, -0.15) is 0 Å². The number of aromatic nitrogens is 1. The number of benzene rings is 4. The molecule has 6 rings (SSSR count). The Morgan fingerprint density at radius 2 is 1.60 bits per heavy atom. The van der Waals surface area contributed by atoms with Gasteiger partial charge in [-0.15, -0.1) is 0 Å². The van der Waals surface area contributed by atoms with E-state index < -0.39 is 4.84 Å². The van der Waals surface area contributed by atoms with Gasteiger partial charge in [-0.3, -0.25) is 9.78 Å². The molecule has 0 spiro atoms. The lowest BCUT2D eigenvalue weighted by atomic mass is 9.79. The lowest BCUT2D eigenvalue weighted by molar-refractivity contribution is -0.121. The first-order valence-electron chi connectivity index (χ1n) is 12.0. The van der Waals surface area contributed by atoms with E-state index >= 15 is 0 Å². The van der Waals surface area contributed by atoms with Crippen LogP contribution in [0.2, 0.25) is 0 Å². The van der Waals surface area contributed by atoms with Gasteiger partial charge >= 0.3 is 0 Å². The summed E-state index contributed by atoms with van der Waals surface area (Å²) in [6.45, 7) is 4.15. The lowest BCUT2D eigenvalue weighted by Gasteiger charge is -2.25. The average molecular weight is 500 g/mol. The first-order chi connectivity index (χ1) is 16.9. The molecule has 4 heteroatoms. The number of Topliss-reactive ketones (excluding diaryl/α,β-unsaturated/α-hetero) is 1. The van der Waals surface area contributed by atoms with Gasteiger partial charge in [0.05, 0.1) is 0 Å². The number of pyridine rings is 1. The molecule has 35 heavy (non-hydrogen) atoms. The van der Waals surface area contributed by atoms with E-state index in [1.54, 1.807) is 0 Å². The first-order valence-corrected chi connectivity index (χ1v) is 12.9. The molecule has 4 aromatic carbocycles. The third-order valence-electron chi connectivity index (χ3n) is 7.08. The van der Waals surface area contributed by atoms with Crippen molar-refractivity contribution in [2.45, 2.75) is 37.9 Å². The van der Waals surface area contributed by atoms with E-state index in [0.29, 0.717) is 0 Å². The second kappa shape index (κ2) is 9.97. The lowest BCUT2D eigenvalue weighted by Crippen LogP contribution is -2.26. The molecular formula is C31H27Cl2NO. The largest absolute Gasteiger partial charge is 0.296 e. The molecule has 0 saturated heterocycles. The topological polar surface area (TPSA) is 30.0 Å². The van der Waals surface area contributed by atoms with Crippen molar-refractivity contribution in [2.24, 2.45) is 5.92 Å². The summed E-state index contributed by atoms with van der Waals surface area (Å²) in [5.41, 5.74) is 5.03. The van der Waals surface area contributed by atoms with E-state index in [1.807, 2.05) is 19.2 Å². The van der Waals surface area contributed by atoms with E-state index in [0.717, 1.165) is 25.0 Å². The Hall–Kier alpha value is -2.94. The Kier molecular flexibility index (Phi) is 6.77. The normalized spacial score (nSPS) is 15.2. The van der Waals surface area contributed by atoms with Gasteiger partial charge in [0, 0.05) is 23.2 Å². The van der Waals surface area contributed by atoms with E-state index in [-0.39, 0.29) is 11.7 Å². The van der Waals surface area contributed by atoms with Crippen LogP contribution in [0.4, 0.5) is 0 Å². The van der Waals surface area contributed by atoms with Crippen LogP contribution in [0.15, 0.2) is 79.0 Å². The Balaban J connectivity index is 0.000000178. The smallest absolute Gasteiger partial charge is 0.169 e. The second-order valence-electron chi connectivity index (χ2n) is 9.35. The number of carbonyl (C=O) groups excluding carboxylic acids is 1. The molecular weight excluding hydrogens is 473 g/mol. The number of fused-ring (bicyclic) bond motifs is 6. The van der Waals surface area contributed by atoms with Crippen LogP contribution < -0.4 is 0 Å². The van der Waals surface area contributed by atoms with Crippen LogP contribution in [0.5, 0.6) is 0 Å². The first kappa shape index (κ1) is 23.8. The number of carbonyl (C=O) groups is 1. The van der Waals surface area contributed by atoms with Gasteiger partial charge in [0.1, 0.15) is 0 Å². The molecule has 1 aliphatic rings. The van der Waals surface area contributed by atoms with Gasteiger partial charge in [0.25, 0.3) is 0 Å². The van der Waals surface area contributed by atoms with Gasteiger partial charge in [0.2, 0.25) is 0 Å². The maximum Gasteiger partial charge on any atom is 0.169 e. The Bertz CT molecular complexity index is 1560. The molecule has 2 nitrogen and oxygen atoms in total. The molecule has 1 atom stereocenters. The molecule has 0 amide bonds. The quantitative estimate of drug-likeness (QED) is 0.180. The Morgan fingerprint density at radius 1 is 0.857 bits per heavy atom. The van der Waals surface area contributed by atoms with Crippen molar-refractivity contribution in [2.75, 3.05) is 0 Å². The molecule has 0 aliphatic heterocycles. The molecule has 176 valence electrons. The van der Waals surface area contributed by atoms with Crippen molar-refractivity contribution >= 4 is 61.3 Å². The number of rotatable bonds is 2. The van der Waals surface area contributed by atoms with E-state index in [2.05, 4.69) is 78.6 Å². The number of nitrogens with zero attached hydrogens (tertiary/aromatic N) is 1. The van der Waals surface area contributed by atoms with Crippen molar-refractivity contribution in [1.29, 1.82) is 0 Å². The van der Waals surface area contributed by atoms with Gasteiger partial charge in [0.15, 0.2) is 10.6 Å². The molecule has 5 aromatic rings. The van der Waals surface area contributed by atoms with E-state index in [9.17, 15) is 4.79 Å². The van der Waals surface area contributed by atoms with Crippen LogP contribution in [-0.4, -0.2) is 15.6 Å². The minimum absolute atomic E-state index is 0.0439. The predicted molar refractivity (Wildman–Crippen MR) is 149 cm³/mol. The zero-order valence-corrected chi connectivity index (χ0v) is 21.4. The summed E-state index contributed by atoms with van der Waals surface area (Å²) in [5.74, 6) is -0.0991. The average Bonchev–Trinajstić information content (AvgIpc) is 2.88. The molecule has 0 bridgehead atoms. The van der Waals surface area contributed by atoms with Gasteiger partial charge < -0.3 is 0 Å². The molecule has 1 heterocycles. The maximum absolute atomic E-state index is 12.1. The van der Waals surface area contributed by atoms with Crippen LogP contribution in [-0.2, 0) is 17.6 Å². The molecule has 1 aromatic heterocycles. The van der Waals surface area contributed by atoms with Gasteiger partial charge in [-0.25, -0.2) is 0 Å². The predicted octanol–water partition coefficient (Wildman–Crippen LogP) is 8.32. The van der Waals surface area contributed by atoms with Crippen molar-refractivity contribution in [3.63, 3.8) is 0 Å². The van der Waals surface area contributed by atoms with E-state index in [4.69, 9.17) is 23.2 Å². The highest BCUT2D eigenvalue weighted by Crippen LogP contribution is 2.35. The number of aryl methyl sites for hydroxylation is 3. The van der Waals surface area contributed by atoms with Crippen molar-refractivity contribution in [3.8, 4) is 0 Å². The number of hydrogen-bond acceptors (Lipinski definition) is 2. The molecule has 1 aliphatic carbocycles. The number of hydrogen-bond donors (Lipinski definition) is 0. The van der Waals surface area contributed by atoms with Gasteiger partial charge in [-0.05, 0) is 83.3 Å². The third kappa shape index (κ3) is 4.78. The Morgan fingerprint density at radius 3 is 2.43 bits per heavy atom. The summed E-state index contributed by atoms with van der Waals surface area (Å²) in [6.07, 6.45) is 4.33. The number of alkyl halides is 2. The highest BCUT2D eigenvalue weighted by molar-refractivity contribution is 6.53. The number of halogens is 2. The van der Waals surface area contributed by atoms with Crippen molar-refractivity contribution in [1.82, 2.24) is 4.98 Å². The highest BCUT2D eigenvalue weighted by Gasteiger charge is 2.28.